The van der Waals surface area contributed by atoms with Gasteiger partial charge in [0.15, 0.2) is 0 Å². The van der Waals surface area contributed by atoms with E-state index >= 15 is 0 Å². The van der Waals surface area contributed by atoms with Crippen molar-refractivity contribution >= 4 is 11.8 Å². The third kappa shape index (κ3) is 3.92. The summed E-state index contributed by atoms with van der Waals surface area (Å²) < 4.78 is 11.0. The van der Waals surface area contributed by atoms with Crippen molar-refractivity contribution in [3.63, 3.8) is 0 Å². The minimum atomic E-state index is -0.327. The molecular formula is C20H24N2O3. The number of ether oxygens (including phenoxy) is 2. The van der Waals surface area contributed by atoms with Crippen LogP contribution in [0.25, 0.3) is 0 Å². The van der Waals surface area contributed by atoms with Gasteiger partial charge in [-0.25, -0.2) is 9.78 Å². The van der Waals surface area contributed by atoms with E-state index in [1.807, 2.05) is 26.8 Å². The highest BCUT2D eigenvalue weighted by Gasteiger charge is 2.23. The van der Waals surface area contributed by atoms with Gasteiger partial charge in [0.2, 0.25) is 0 Å². The Morgan fingerprint density at radius 3 is 2.88 bits per heavy atom. The zero-order valence-corrected chi connectivity index (χ0v) is 15.0. The second-order valence-corrected chi connectivity index (χ2v) is 6.36. The lowest BCUT2D eigenvalue weighted by Gasteiger charge is -2.31. The molecule has 0 atom stereocenters. The van der Waals surface area contributed by atoms with Crippen LogP contribution in [0.3, 0.4) is 0 Å². The number of hydrogen-bond acceptors (Lipinski definition) is 5. The Balaban J connectivity index is 1.87. The molecule has 0 aliphatic carbocycles. The van der Waals surface area contributed by atoms with Gasteiger partial charge in [-0.2, -0.15) is 0 Å². The number of carbonyl (C=O) groups is 1. The van der Waals surface area contributed by atoms with Gasteiger partial charge in [-0.1, -0.05) is 6.07 Å². The molecule has 3 rings (SSSR count). The number of pyridine rings is 1. The van der Waals surface area contributed by atoms with Crippen LogP contribution in [0.4, 0.5) is 5.82 Å². The Morgan fingerprint density at radius 1 is 1.28 bits per heavy atom. The highest BCUT2D eigenvalue weighted by Crippen LogP contribution is 2.28. The van der Waals surface area contributed by atoms with E-state index in [1.165, 1.54) is 11.1 Å². The number of nitrogens with zero attached hydrogens (tertiary/aromatic N) is 2. The van der Waals surface area contributed by atoms with Gasteiger partial charge in [-0.15, -0.1) is 0 Å². The number of hydrogen-bond donors (Lipinski definition) is 0. The van der Waals surface area contributed by atoms with Crippen molar-refractivity contribution in [2.45, 2.75) is 39.8 Å². The minimum absolute atomic E-state index is 0.156. The van der Waals surface area contributed by atoms with Crippen LogP contribution >= 0.6 is 0 Å². The van der Waals surface area contributed by atoms with Crippen molar-refractivity contribution < 1.29 is 14.3 Å². The first-order chi connectivity index (χ1) is 12.1. The molecule has 132 valence electrons. The SMILES string of the molecule is CCOc1ccc2c(c1)CN(c1ncccc1C(=O)OC(C)C)CC2. The zero-order chi connectivity index (χ0) is 17.8. The van der Waals surface area contributed by atoms with E-state index in [9.17, 15) is 4.79 Å². The molecular weight excluding hydrogens is 316 g/mol. The van der Waals surface area contributed by atoms with Gasteiger partial charge in [-0.05, 0) is 62.6 Å². The lowest BCUT2D eigenvalue weighted by molar-refractivity contribution is 0.0378. The maximum absolute atomic E-state index is 12.4. The van der Waals surface area contributed by atoms with Gasteiger partial charge < -0.3 is 14.4 Å². The predicted octanol–water partition coefficient (Wildman–Crippen LogP) is 3.61. The molecule has 0 bridgehead atoms. The van der Waals surface area contributed by atoms with Gasteiger partial charge in [0, 0.05) is 19.3 Å². The molecule has 2 heterocycles. The van der Waals surface area contributed by atoms with Gasteiger partial charge in [0.25, 0.3) is 0 Å². The van der Waals surface area contributed by atoms with Crippen molar-refractivity contribution in [3.8, 4) is 5.75 Å². The summed E-state index contributed by atoms with van der Waals surface area (Å²) >= 11 is 0. The molecule has 0 saturated heterocycles. The summed E-state index contributed by atoms with van der Waals surface area (Å²) in [7, 11) is 0. The Kier molecular flexibility index (Phi) is 5.22. The third-order valence-electron chi connectivity index (χ3n) is 4.15. The first-order valence-electron chi connectivity index (χ1n) is 8.74. The molecule has 25 heavy (non-hydrogen) atoms. The van der Waals surface area contributed by atoms with Gasteiger partial charge in [0.05, 0.1) is 12.7 Å². The molecule has 0 amide bonds. The number of carbonyl (C=O) groups excluding carboxylic acids is 1. The summed E-state index contributed by atoms with van der Waals surface area (Å²) in [4.78, 5) is 19.0. The monoisotopic (exact) mass is 340 g/mol. The zero-order valence-electron chi connectivity index (χ0n) is 15.0. The quantitative estimate of drug-likeness (QED) is 0.778. The predicted molar refractivity (Wildman–Crippen MR) is 97.2 cm³/mol. The molecule has 0 radical (unpaired) electrons. The van der Waals surface area contributed by atoms with Crippen LogP contribution < -0.4 is 9.64 Å². The van der Waals surface area contributed by atoms with E-state index in [-0.39, 0.29) is 12.1 Å². The van der Waals surface area contributed by atoms with Crippen LogP contribution in [0.15, 0.2) is 36.5 Å². The van der Waals surface area contributed by atoms with Crippen LogP contribution in [0.2, 0.25) is 0 Å². The third-order valence-corrected chi connectivity index (χ3v) is 4.15. The van der Waals surface area contributed by atoms with Crippen LogP contribution in [0.1, 0.15) is 42.3 Å². The molecule has 1 aliphatic rings. The Hall–Kier alpha value is -2.56. The standard InChI is InChI=1S/C20H24N2O3/c1-4-24-17-8-7-15-9-11-22(13-16(15)12-17)19-18(6-5-10-21-19)20(23)25-14(2)3/h5-8,10,12,14H,4,9,11,13H2,1-3H3. The average molecular weight is 340 g/mol. The second-order valence-electron chi connectivity index (χ2n) is 6.36. The number of esters is 1. The van der Waals surface area contributed by atoms with Gasteiger partial charge in [-0.3, -0.25) is 0 Å². The van der Waals surface area contributed by atoms with Crippen molar-refractivity contribution in [3.05, 3.63) is 53.2 Å². The Morgan fingerprint density at radius 2 is 2.12 bits per heavy atom. The van der Waals surface area contributed by atoms with E-state index in [0.29, 0.717) is 24.5 Å². The highest BCUT2D eigenvalue weighted by molar-refractivity contribution is 5.94. The van der Waals surface area contributed by atoms with E-state index < -0.39 is 0 Å². The van der Waals surface area contributed by atoms with E-state index in [0.717, 1.165) is 18.7 Å². The molecule has 0 N–H and O–H groups in total. The fraction of sp³-hybridized carbons (Fsp3) is 0.400. The van der Waals surface area contributed by atoms with Crippen LogP contribution in [0.5, 0.6) is 5.75 Å². The van der Waals surface area contributed by atoms with Crippen molar-refractivity contribution in [1.82, 2.24) is 4.98 Å². The number of anilines is 1. The molecule has 0 fully saturated rings. The normalized spacial score (nSPS) is 13.5. The lowest BCUT2D eigenvalue weighted by Crippen LogP contribution is -2.32. The molecule has 1 aromatic carbocycles. The molecule has 0 saturated carbocycles. The van der Waals surface area contributed by atoms with Crippen LogP contribution in [0, 0.1) is 0 Å². The lowest BCUT2D eigenvalue weighted by atomic mass is 9.99. The van der Waals surface area contributed by atoms with Gasteiger partial charge in [0.1, 0.15) is 17.1 Å². The summed E-state index contributed by atoms with van der Waals surface area (Å²) in [6.07, 6.45) is 2.47. The number of fused-ring (bicyclic) bond motifs is 1. The topological polar surface area (TPSA) is 51.7 Å². The van der Waals surface area contributed by atoms with E-state index in [4.69, 9.17) is 9.47 Å². The van der Waals surface area contributed by atoms with Crippen LogP contribution in [-0.2, 0) is 17.7 Å². The largest absolute Gasteiger partial charge is 0.494 e. The molecule has 1 aliphatic heterocycles. The number of rotatable bonds is 5. The fourth-order valence-corrected chi connectivity index (χ4v) is 3.06. The molecule has 5 nitrogen and oxygen atoms in total. The number of benzene rings is 1. The summed E-state index contributed by atoms with van der Waals surface area (Å²) in [5.41, 5.74) is 3.05. The second kappa shape index (κ2) is 7.55. The summed E-state index contributed by atoms with van der Waals surface area (Å²) in [6, 6.07) is 9.78. The van der Waals surface area contributed by atoms with Crippen molar-refractivity contribution in [1.29, 1.82) is 0 Å². The molecule has 0 unspecified atom stereocenters. The van der Waals surface area contributed by atoms with Crippen molar-refractivity contribution in [2.75, 3.05) is 18.1 Å². The summed E-state index contributed by atoms with van der Waals surface area (Å²) in [5.74, 6) is 1.23. The fourth-order valence-electron chi connectivity index (χ4n) is 3.06. The molecule has 0 spiro atoms. The van der Waals surface area contributed by atoms with Gasteiger partial charge >= 0.3 is 5.97 Å². The molecule has 2 aromatic rings. The van der Waals surface area contributed by atoms with E-state index in [2.05, 4.69) is 22.0 Å². The maximum atomic E-state index is 12.4. The number of aromatic nitrogens is 1. The minimum Gasteiger partial charge on any atom is -0.494 e. The van der Waals surface area contributed by atoms with Crippen LogP contribution in [-0.4, -0.2) is 30.2 Å². The Bertz CT molecular complexity index is 758. The highest BCUT2D eigenvalue weighted by atomic mass is 16.5. The molecule has 1 aromatic heterocycles. The summed E-state index contributed by atoms with van der Waals surface area (Å²) in [5, 5.41) is 0. The molecule has 5 heteroatoms. The summed E-state index contributed by atoms with van der Waals surface area (Å²) in [6.45, 7) is 7.84. The maximum Gasteiger partial charge on any atom is 0.342 e. The first-order valence-corrected chi connectivity index (χ1v) is 8.74. The average Bonchev–Trinajstić information content (AvgIpc) is 2.61. The first kappa shape index (κ1) is 17.3. The van der Waals surface area contributed by atoms with Crippen molar-refractivity contribution in [2.24, 2.45) is 0 Å². The Labute approximate surface area is 148 Å². The van der Waals surface area contributed by atoms with E-state index in [1.54, 1.807) is 18.3 Å². The smallest absolute Gasteiger partial charge is 0.342 e.